The molecule has 8 heteroatoms. The van der Waals surface area contributed by atoms with Crippen LogP contribution in [0.25, 0.3) is 0 Å². The van der Waals surface area contributed by atoms with Crippen LogP contribution in [0, 0.1) is 0 Å². The molecule has 0 fully saturated rings. The van der Waals surface area contributed by atoms with E-state index in [1.54, 1.807) is 31.2 Å². The van der Waals surface area contributed by atoms with Crippen molar-refractivity contribution in [3.63, 3.8) is 0 Å². The molecule has 0 bridgehead atoms. The van der Waals surface area contributed by atoms with Crippen LogP contribution < -0.4 is 20.1 Å². The van der Waals surface area contributed by atoms with Gasteiger partial charge in [0, 0.05) is 22.6 Å². The maximum absolute atomic E-state index is 12.4. The third-order valence-electron chi connectivity index (χ3n) is 3.76. The molecule has 0 unspecified atom stereocenters. The molecular weight excluding hydrogens is 391 g/mol. The van der Waals surface area contributed by atoms with Crippen LogP contribution in [-0.4, -0.2) is 38.6 Å². The summed E-state index contributed by atoms with van der Waals surface area (Å²) in [4.78, 5) is 24.8. The molecule has 144 valence electrons. The minimum absolute atomic E-state index is 0.211. The Hall–Kier alpha value is -2.44. The summed E-state index contributed by atoms with van der Waals surface area (Å²) in [6.07, 6.45) is 0. The molecule has 0 spiro atoms. The van der Waals surface area contributed by atoms with Crippen LogP contribution in [-0.2, 0) is 0 Å². The Kier molecular flexibility index (Phi) is 7.33. The Morgan fingerprint density at radius 1 is 0.926 bits per heavy atom. The third-order valence-corrected chi connectivity index (χ3v) is 4.23. The number of hydrogen-bond donors (Lipinski definition) is 2. The summed E-state index contributed by atoms with van der Waals surface area (Å²) in [5.74, 6) is 0.126. The van der Waals surface area contributed by atoms with Gasteiger partial charge in [-0.1, -0.05) is 23.2 Å². The van der Waals surface area contributed by atoms with Crippen LogP contribution >= 0.6 is 23.2 Å². The number of carbonyl (C=O) groups is 2. The molecular formula is C19H20Cl2N2O4. The van der Waals surface area contributed by atoms with E-state index in [0.29, 0.717) is 32.7 Å². The van der Waals surface area contributed by atoms with E-state index in [-0.39, 0.29) is 24.4 Å². The van der Waals surface area contributed by atoms with Crippen molar-refractivity contribution in [2.45, 2.75) is 13.0 Å². The van der Waals surface area contributed by atoms with Gasteiger partial charge in [0.25, 0.3) is 11.8 Å². The summed E-state index contributed by atoms with van der Waals surface area (Å²) in [6.45, 7) is 1.98. The largest absolute Gasteiger partial charge is 0.496 e. The van der Waals surface area contributed by atoms with E-state index in [2.05, 4.69) is 10.6 Å². The van der Waals surface area contributed by atoms with Crippen molar-refractivity contribution in [2.24, 2.45) is 0 Å². The molecule has 0 heterocycles. The Labute approximate surface area is 167 Å². The van der Waals surface area contributed by atoms with E-state index >= 15 is 0 Å². The second-order valence-electron chi connectivity index (χ2n) is 5.77. The highest BCUT2D eigenvalue weighted by Crippen LogP contribution is 2.23. The van der Waals surface area contributed by atoms with Crippen molar-refractivity contribution in [1.29, 1.82) is 0 Å². The van der Waals surface area contributed by atoms with Crippen LogP contribution in [0.15, 0.2) is 36.4 Å². The number of amides is 2. The molecule has 0 aliphatic heterocycles. The molecule has 2 rings (SSSR count). The van der Waals surface area contributed by atoms with Crippen molar-refractivity contribution in [3.8, 4) is 11.5 Å². The number of carbonyl (C=O) groups excluding carboxylic acids is 2. The fourth-order valence-corrected chi connectivity index (χ4v) is 2.75. The molecule has 6 nitrogen and oxygen atoms in total. The smallest absolute Gasteiger partial charge is 0.255 e. The lowest BCUT2D eigenvalue weighted by atomic mass is 10.1. The van der Waals surface area contributed by atoms with Gasteiger partial charge in [-0.05, 0) is 43.3 Å². The summed E-state index contributed by atoms with van der Waals surface area (Å²) in [5, 5.41) is 6.40. The van der Waals surface area contributed by atoms with E-state index in [4.69, 9.17) is 32.7 Å². The molecule has 2 aromatic rings. The average molecular weight is 411 g/mol. The van der Waals surface area contributed by atoms with Gasteiger partial charge in [-0.2, -0.15) is 0 Å². The number of rotatable bonds is 7. The summed E-state index contributed by atoms with van der Waals surface area (Å²) >= 11 is 11.9. The number of hydrogen-bond acceptors (Lipinski definition) is 4. The number of halogens is 2. The lowest BCUT2D eigenvalue weighted by molar-refractivity contribution is 0.0909. The molecule has 0 saturated carbocycles. The van der Waals surface area contributed by atoms with Gasteiger partial charge in [-0.15, -0.1) is 0 Å². The van der Waals surface area contributed by atoms with Gasteiger partial charge < -0.3 is 20.1 Å². The summed E-state index contributed by atoms with van der Waals surface area (Å²) in [7, 11) is 2.95. The fraction of sp³-hybridized carbons (Fsp3) is 0.263. The van der Waals surface area contributed by atoms with Crippen molar-refractivity contribution in [3.05, 3.63) is 57.6 Å². The fourth-order valence-electron chi connectivity index (χ4n) is 2.41. The highest BCUT2D eigenvalue weighted by atomic mass is 35.5. The van der Waals surface area contributed by atoms with Crippen molar-refractivity contribution in [1.82, 2.24) is 10.6 Å². The zero-order valence-corrected chi connectivity index (χ0v) is 16.6. The molecule has 0 aromatic heterocycles. The van der Waals surface area contributed by atoms with Gasteiger partial charge in [0.05, 0.1) is 25.3 Å². The van der Waals surface area contributed by atoms with E-state index in [1.807, 2.05) is 0 Å². The van der Waals surface area contributed by atoms with Crippen LogP contribution in [0.1, 0.15) is 27.6 Å². The highest BCUT2D eigenvalue weighted by Gasteiger charge is 2.17. The number of methoxy groups -OCH3 is 2. The first-order chi connectivity index (χ1) is 12.8. The van der Waals surface area contributed by atoms with Gasteiger partial charge in [0.1, 0.15) is 11.5 Å². The Balaban J connectivity index is 1.99. The first-order valence-corrected chi connectivity index (χ1v) is 8.87. The first kappa shape index (κ1) is 20.9. The molecule has 0 radical (unpaired) electrons. The molecule has 2 aromatic carbocycles. The van der Waals surface area contributed by atoms with Gasteiger partial charge >= 0.3 is 0 Å². The molecule has 1 atom stereocenters. The highest BCUT2D eigenvalue weighted by molar-refractivity contribution is 6.31. The molecule has 2 N–H and O–H groups in total. The molecule has 2 amide bonds. The summed E-state index contributed by atoms with van der Waals surface area (Å²) in [5.41, 5.74) is 0.639. The second kappa shape index (κ2) is 9.48. The Bertz CT molecular complexity index is 842. The lowest BCUT2D eigenvalue weighted by Gasteiger charge is -2.17. The van der Waals surface area contributed by atoms with Crippen LogP contribution in [0.2, 0.25) is 10.0 Å². The Morgan fingerprint density at radius 2 is 1.41 bits per heavy atom. The monoisotopic (exact) mass is 410 g/mol. The standard InChI is InChI=1S/C19H20Cl2N2O4/c1-11(23-19(25)15-9-13(21)5-7-17(15)27-3)10-22-18(24)14-8-12(20)4-6-16(14)26-2/h4-9,11H,10H2,1-3H3,(H,22,24)(H,23,25)/t11-/m1/s1. The summed E-state index contributed by atoms with van der Waals surface area (Å²) in [6, 6.07) is 9.23. The average Bonchev–Trinajstić information content (AvgIpc) is 2.65. The van der Waals surface area contributed by atoms with Crippen molar-refractivity contribution < 1.29 is 19.1 Å². The van der Waals surface area contributed by atoms with Crippen LogP contribution in [0.3, 0.4) is 0 Å². The maximum atomic E-state index is 12.4. The van der Waals surface area contributed by atoms with Gasteiger partial charge in [-0.3, -0.25) is 9.59 Å². The predicted octanol–water partition coefficient (Wildman–Crippen LogP) is 3.56. The minimum atomic E-state index is -0.351. The molecule has 0 aliphatic rings. The molecule has 0 aliphatic carbocycles. The van der Waals surface area contributed by atoms with E-state index in [9.17, 15) is 9.59 Å². The third kappa shape index (κ3) is 5.52. The number of benzene rings is 2. The van der Waals surface area contributed by atoms with Crippen molar-refractivity contribution in [2.75, 3.05) is 20.8 Å². The zero-order chi connectivity index (χ0) is 20.0. The van der Waals surface area contributed by atoms with Gasteiger partial charge in [-0.25, -0.2) is 0 Å². The second-order valence-corrected chi connectivity index (χ2v) is 6.65. The van der Waals surface area contributed by atoms with E-state index < -0.39 is 0 Å². The van der Waals surface area contributed by atoms with Crippen LogP contribution in [0.4, 0.5) is 0 Å². The van der Waals surface area contributed by atoms with Gasteiger partial charge in [0.15, 0.2) is 0 Å². The molecule has 27 heavy (non-hydrogen) atoms. The number of nitrogens with one attached hydrogen (secondary N) is 2. The lowest BCUT2D eigenvalue weighted by Crippen LogP contribution is -2.42. The maximum Gasteiger partial charge on any atom is 0.255 e. The summed E-state index contributed by atoms with van der Waals surface area (Å²) < 4.78 is 10.4. The topological polar surface area (TPSA) is 76.7 Å². The first-order valence-electron chi connectivity index (χ1n) is 8.11. The Morgan fingerprint density at radius 3 is 1.89 bits per heavy atom. The SMILES string of the molecule is COc1ccc(Cl)cc1C(=O)NC[C@@H](C)NC(=O)c1cc(Cl)ccc1OC. The van der Waals surface area contributed by atoms with Crippen molar-refractivity contribution >= 4 is 35.0 Å². The van der Waals surface area contributed by atoms with E-state index in [0.717, 1.165) is 0 Å². The normalized spacial score (nSPS) is 11.4. The number of ether oxygens (including phenoxy) is 2. The minimum Gasteiger partial charge on any atom is -0.496 e. The van der Waals surface area contributed by atoms with Crippen LogP contribution in [0.5, 0.6) is 11.5 Å². The van der Waals surface area contributed by atoms with Gasteiger partial charge in [0.2, 0.25) is 0 Å². The predicted molar refractivity (Wildman–Crippen MR) is 105 cm³/mol. The molecule has 0 saturated heterocycles. The van der Waals surface area contributed by atoms with E-state index in [1.165, 1.54) is 26.4 Å². The zero-order valence-electron chi connectivity index (χ0n) is 15.1. The quantitative estimate of drug-likeness (QED) is 0.731.